The smallest absolute Gasteiger partial charge is 0.341 e. The maximum atomic E-state index is 11.8. The van der Waals surface area contributed by atoms with Crippen molar-refractivity contribution in [2.75, 3.05) is 6.54 Å². The summed E-state index contributed by atoms with van der Waals surface area (Å²) >= 11 is 0. The molecule has 19 heavy (non-hydrogen) atoms. The summed E-state index contributed by atoms with van der Waals surface area (Å²) in [6.07, 6.45) is -1.93. The van der Waals surface area contributed by atoms with Gasteiger partial charge in [-0.3, -0.25) is 0 Å². The predicted octanol–water partition coefficient (Wildman–Crippen LogP) is -1.33. The highest BCUT2D eigenvalue weighted by molar-refractivity contribution is 5.87. The molecule has 3 N–H and O–H groups in total. The quantitative estimate of drug-likeness (QED) is 0.469. The topological polar surface area (TPSA) is 105 Å². The number of ether oxygens (including phenoxy) is 2. The molecule has 4 unspecified atom stereocenters. The Balaban J connectivity index is 1.99. The first-order valence-corrected chi connectivity index (χ1v) is 6.44. The number of hydrogen-bond donors (Lipinski definition) is 3. The van der Waals surface area contributed by atoms with Gasteiger partial charge in [0.15, 0.2) is 12.2 Å². The van der Waals surface area contributed by atoms with E-state index in [4.69, 9.17) is 9.47 Å². The summed E-state index contributed by atoms with van der Waals surface area (Å²) in [6, 6.07) is 0. The molecule has 3 fully saturated rings. The molecule has 0 aromatic rings. The Morgan fingerprint density at radius 2 is 1.79 bits per heavy atom. The van der Waals surface area contributed by atoms with Crippen molar-refractivity contribution in [1.29, 1.82) is 0 Å². The largest absolute Gasteiger partial charge is 0.418 e. The van der Waals surface area contributed by atoms with Crippen molar-refractivity contribution in [2.24, 2.45) is 5.92 Å². The first-order chi connectivity index (χ1) is 8.87. The molecule has 2 bridgehead atoms. The average molecular weight is 271 g/mol. The van der Waals surface area contributed by atoms with Gasteiger partial charge in [-0.2, -0.15) is 0 Å². The van der Waals surface area contributed by atoms with Crippen LogP contribution in [0.3, 0.4) is 0 Å². The van der Waals surface area contributed by atoms with Crippen LogP contribution in [0.2, 0.25) is 0 Å². The number of carbonyl (C=O) groups is 2. The summed E-state index contributed by atoms with van der Waals surface area (Å²) in [4.78, 5) is 23.5. The summed E-state index contributed by atoms with van der Waals surface area (Å²) < 4.78 is 10.5. The van der Waals surface area contributed by atoms with E-state index in [1.807, 2.05) is 6.92 Å². The van der Waals surface area contributed by atoms with Crippen LogP contribution in [0.25, 0.3) is 0 Å². The number of nitrogens with one attached hydrogen (secondary N) is 1. The zero-order valence-corrected chi connectivity index (χ0v) is 10.6. The van der Waals surface area contributed by atoms with E-state index in [2.05, 4.69) is 5.32 Å². The van der Waals surface area contributed by atoms with Crippen LogP contribution < -0.4 is 5.32 Å². The molecule has 2 saturated heterocycles. The first kappa shape index (κ1) is 12.8. The molecule has 0 aromatic heterocycles. The third-order valence-corrected chi connectivity index (χ3v) is 4.51. The SMILES string of the molecule is CC12CC(CCC13OC(=O)C(O)C(O)C(=O)O3)CN2. The molecular formula is C12H17NO6. The van der Waals surface area contributed by atoms with Gasteiger partial charge in [-0.1, -0.05) is 0 Å². The van der Waals surface area contributed by atoms with Crippen molar-refractivity contribution in [3.05, 3.63) is 0 Å². The minimum absolute atomic E-state index is 0.373. The number of fused-ring (bicyclic) bond motifs is 3. The molecule has 2 aliphatic heterocycles. The van der Waals surface area contributed by atoms with E-state index >= 15 is 0 Å². The number of rotatable bonds is 0. The van der Waals surface area contributed by atoms with Crippen LogP contribution in [0, 0.1) is 5.92 Å². The molecule has 2 heterocycles. The lowest BCUT2D eigenvalue weighted by molar-refractivity contribution is -0.259. The van der Waals surface area contributed by atoms with E-state index in [9.17, 15) is 19.8 Å². The number of esters is 2. The Bertz CT molecular complexity index is 416. The van der Waals surface area contributed by atoms with Gasteiger partial charge in [-0.05, 0) is 32.2 Å². The van der Waals surface area contributed by atoms with Gasteiger partial charge in [-0.15, -0.1) is 0 Å². The second kappa shape index (κ2) is 3.91. The zero-order valence-electron chi connectivity index (χ0n) is 10.6. The molecule has 0 aromatic carbocycles. The van der Waals surface area contributed by atoms with Gasteiger partial charge < -0.3 is 25.0 Å². The number of hydrogen-bond acceptors (Lipinski definition) is 7. The van der Waals surface area contributed by atoms with E-state index < -0.39 is 35.5 Å². The second-order valence-corrected chi connectivity index (χ2v) is 5.81. The van der Waals surface area contributed by atoms with Gasteiger partial charge in [0, 0.05) is 6.42 Å². The second-order valence-electron chi connectivity index (χ2n) is 5.81. The van der Waals surface area contributed by atoms with E-state index in [1.54, 1.807) is 0 Å². The van der Waals surface area contributed by atoms with Gasteiger partial charge in [0.25, 0.3) is 5.79 Å². The van der Waals surface area contributed by atoms with Crippen molar-refractivity contribution in [1.82, 2.24) is 5.32 Å². The summed E-state index contributed by atoms with van der Waals surface area (Å²) in [5, 5.41) is 22.3. The van der Waals surface area contributed by atoms with Crippen LogP contribution in [0.4, 0.5) is 0 Å². The van der Waals surface area contributed by atoms with Gasteiger partial charge in [0.1, 0.15) is 0 Å². The molecule has 4 atom stereocenters. The first-order valence-electron chi connectivity index (χ1n) is 6.44. The highest BCUT2D eigenvalue weighted by Gasteiger charge is 2.63. The fraction of sp³-hybridized carbons (Fsp3) is 0.833. The number of aliphatic hydroxyl groups excluding tert-OH is 2. The minimum atomic E-state index is -1.89. The maximum absolute atomic E-state index is 11.8. The zero-order chi connectivity index (χ0) is 13.8. The molecular weight excluding hydrogens is 254 g/mol. The third-order valence-electron chi connectivity index (χ3n) is 4.51. The van der Waals surface area contributed by atoms with Crippen LogP contribution >= 0.6 is 0 Å². The normalized spacial score (nSPS) is 49.7. The lowest BCUT2D eigenvalue weighted by atomic mass is 9.76. The minimum Gasteiger partial charge on any atom is -0.418 e. The Hall–Kier alpha value is -1.18. The van der Waals surface area contributed by atoms with Crippen LogP contribution in [0.1, 0.15) is 26.2 Å². The van der Waals surface area contributed by atoms with Gasteiger partial charge in [0.05, 0.1) is 5.54 Å². The lowest BCUT2D eigenvalue weighted by Crippen LogP contribution is -2.62. The highest BCUT2D eigenvalue weighted by Crippen LogP contribution is 2.48. The highest BCUT2D eigenvalue weighted by atomic mass is 16.7. The molecule has 0 radical (unpaired) electrons. The van der Waals surface area contributed by atoms with Gasteiger partial charge in [0.2, 0.25) is 0 Å². The average Bonchev–Trinajstić information content (AvgIpc) is 2.68. The molecule has 1 spiro atoms. The molecule has 7 nitrogen and oxygen atoms in total. The molecule has 106 valence electrons. The van der Waals surface area contributed by atoms with Crippen LogP contribution in [0.5, 0.6) is 0 Å². The summed E-state index contributed by atoms with van der Waals surface area (Å²) in [5.74, 6) is -3.02. The van der Waals surface area contributed by atoms with E-state index in [0.29, 0.717) is 12.3 Å². The molecule has 3 rings (SSSR count). The molecule has 7 heteroatoms. The van der Waals surface area contributed by atoms with Crippen molar-refractivity contribution in [3.63, 3.8) is 0 Å². The standard InChI is InChI=1S/C12H17NO6/c1-11-4-6(5-13-11)2-3-12(11)18-9(16)7(14)8(15)10(17)19-12/h6-8,13-15H,2-5H2,1H3. The summed E-state index contributed by atoms with van der Waals surface area (Å²) in [5.41, 5.74) is -0.676. The van der Waals surface area contributed by atoms with Crippen molar-refractivity contribution in [2.45, 2.75) is 49.7 Å². The van der Waals surface area contributed by atoms with E-state index in [1.165, 1.54) is 0 Å². The lowest BCUT2D eigenvalue weighted by Gasteiger charge is -2.46. The Labute approximate surface area is 109 Å². The van der Waals surface area contributed by atoms with E-state index in [0.717, 1.165) is 19.4 Å². The van der Waals surface area contributed by atoms with E-state index in [-0.39, 0.29) is 0 Å². The Morgan fingerprint density at radius 1 is 1.21 bits per heavy atom. The van der Waals surface area contributed by atoms with Crippen molar-refractivity contribution >= 4 is 11.9 Å². The van der Waals surface area contributed by atoms with Gasteiger partial charge >= 0.3 is 11.9 Å². The van der Waals surface area contributed by atoms with Crippen LogP contribution in [-0.4, -0.2) is 52.2 Å². The molecule has 1 aliphatic carbocycles. The Kier molecular flexibility index (Phi) is 2.64. The number of aliphatic hydroxyl groups is 2. The van der Waals surface area contributed by atoms with Gasteiger partial charge in [-0.25, -0.2) is 9.59 Å². The summed E-state index contributed by atoms with van der Waals surface area (Å²) in [7, 11) is 0. The maximum Gasteiger partial charge on any atom is 0.341 e. The fourth-order valence-electron chi connectivity index (χ4n) is 3.31. The third kappa shape index (κ3) is 1.69. The van der Waals surface area contributed by atoms with Crippen LogP contribution in [0.15, 0.2) is 0 Å². The fourth-order valence-corrected chi connectivity index (χ4v) is 3.31. The van der Waals surface area contributed by atoms with Crippen molar-refractivity contribution in [3.8, 4) is 0 Å². The van der Waals surface area contributed by atoms with Crippen molar-refractivity contribution < 1.29 is 29.3 Å². The van der Waals surface area contributed by atoms with Crippen LogP contribution in [-0.2, 0) is 19.1 Å². The molecule has 3 aliphatic rings. The summed E-state index contributed by atoms with van der Waals surface area (Å²) in [6.45, 7) is 2.61. The predicted molar refractivity (Wildman–Crippen MR) is 60.7 cm³/mol. The Morgan fingerprint density at radius 3 is 2.37 bits per heavy atom. The number of carbonyl (C=O) groups excluding carboxylic acids is 2. The monoisotopic (exact) mass is 271 g/mol. The molecule has 1 saturated carbocycles. The molecule has 0 amide bonds.